The number of rotatable bonds is 5. The maximum absolute atomic E-state index is 12.6. The second-order valence-electron chi connectivity index (χ2n) is 6.11. The number of amides is 1. The predicted molar refractivity (Wildman–Crippen MR) is 96.8 cm³/mol. The van der Waals surface area contributed by atoms with E-state index in [9.17, 15) is 4.79 Å². The van der Waals surface area contributed by atoms with E-state index in [1.165, 1.54) is 0 Å². The van der Waals surface area contributed by atoms with Gasteiger partial charge in [0, 0.05) is 25.2 Å². The van der Waals surface area contributed by atoms with Crippen LogP contribution in [-0.4, -0.2) is 41.8 Å². The molecule has 27 heavy (non-hydrogen) atoms. The third-order valence-corrected chi connectivity index (χ3v) is 4.49. The highest BCUT2D eigenvalue weighted by Gasteiger charge is 2.36. The summed E-state index contributed by atoms with van der Waals surface area (Å²) in [5.41, 5.74) is 1.32. The van der Waals surface area contributed by atoms with Gasteiger partial charge in [-0.15, -0.1) is 0 Å². The van der Waals surface area contributed by atoms with Gasteiger partial charge >= 0.3 is 0 Å². The fraction of sp³-hybridized carbons (Fsp3) is 0.263. The van der Waals surface area contributed by atoms with Gasteiger partial charge in [0.2, 0.25) is 17.6 Å². The molecule has 138 valence electrons. The van der Waals surface area contributed by atoms with Crippen molar-refractivity contribution in [3.8, 4) is 23.0 Å². The molecule has 1 fully saturated rings. The fourth-order valence-corrected chi connectivity index (χ4v) is 3.11. The minimum absolute atomic E-state index is 0.0268. The Morgan fingerprint density at radius 3 is 2.81 bits per heavy atom. The first-order chi connectivity index (χ1) is 13.2. The molecule has 0 N–H and O–H groups in total. The highest BCUT2D eigenvalue weighted by molar-refractivity contribution is 5.97. The number of anilines is 1. The molecule has 8 nitrogen and oxygen atoms in total. The van der Waals surface area contributed by atoms with Crippen LogP contribution < -0.4 is 14.4 Å². The second kappa shape index (κ2) is 7.06. The Hall–Kier alpha value is -3.42. The number of benzene rings is 1. The quantitative estimate of drug-likeness (QED) is 0.685. The van der Waals surface area contributed by atoms with E-state index in [0.29, 0.717) is 47.6 Å². The molecule has 2 aromatic heterocycles. The zero-order chi connectivity index (χ0) is 18.8. The highest BCUT2D eigenvalue weighted by atomic mass is 16.5. The summed E-state index contributed by atoms with van der Waals surface area (Å²) in [7, 11) is 3.15. The van der Waals surface area contributed by atoms with E-state index in [2.05, 4.69) is 15.1 Å². The lowest BCUT2D eigenvalue weighted by molar-refractivity contribution is -0.117. The van der Waals surface area contributed by atoms with Crippen molar-refractivity contribution in [2.24, 2.45) is 0 Å². The molecule has 0 spiro atoms. The van der Waals surface area contributed by atoms with Gasteiger partial charge in [-0.2, -0.15) is 4.98 Å². The summed E-state index contributed by atoms with van der Waals surface area (Å²) in [6.45, 7) is 0.436. The molecular formula is C19H18N4O4. The van der Waals surface area contributed by atoms with Gasteiger partial charge in [-0.3, -0.25) is 9.78 Å². The lowest BCUT2D eigenvalue weighted by atomic mass is 10.1. The van der Waals surface area contributed by atoms with Crippen LogP contribution in [-0.2, 0) is 4.79 Å². The molecule has 0 radical (unpaired) electrons. The SMILES string of the molecule is COc1ccc(N2CC(c3nc(-c4ccccn4)no3)CC2=O)c(OC)c1. The molecule has 0 saturated carbocycles. The first kappa shape index (κ1) is 17.0. The number of pyridine rings is 1. The summed E-state index contributed by atoms with van der Waals surface area (Å²) >= 11 is 0. The normalized spacial score (nSPS) is 16.6. The molecule has 1 atom stereocenters. The number of hydrogen-bond acceptors (Lipinski definition) is 7. The van der Waals surface area contributed by atoms with Crippen LogP contribution in [0.1, 0.15) is 18.2 Å². The van der Waals surface area contributed by atoms with Crippen molar-refractivity contribution in [1.29, 1.82) is 0 Å². The second-order valence-corrected chi connectivity index (χ2v) is 6.11. The van der Waals surface area contributed by atoms with Gasteiger partial charge in [0.25, 0.3) is 0 Å². The number of carbonyl (C=O) groups excluding carboxylic acids is 1. The number of carbonyl (C=O) groups is 1. The summed E-state index contributed by atoms with van der Waals surface area (Å²) in [6, 6.07) is 10.8. The molecule has 1 aliphatic heterocycles. The average molecular weight is 366 g/mol. The molecule has 1 aromatic carbocycles. The highest BCUT2D eigenvalue weighted by Crippen LogP contribution is 2.38. The minimum Gasteiger partial charge on any atom is -0.497 e. The number of aromatic nitrogens is 3. The van der Waals surface area contributed by atoms with Crippen LogP contribution in [0.2, 0.25) is 0 Å². The van der Waals surface area contributed by atoms with E-state index >= 15 is 0 Å². The first-order valence-corrected chi connectivity index (χ1v) is 8.47. The largest absolute Gasteiger partial charge is 0.497 e. The van der Waals surface area contributed by atoms with Gasteiger partial charge in [0.05, 0.1) is 25.8 Å². The van der Waals surface area contributed by atoms with Crippen LogP contribution in [0.4, 0.5) is 5.69 Å². The lowest BCUT2D eigenvalue weighted by Gasteiger charge is -2.19. The van der Waals surface area contributed by atoms with Crippen molar-refractivity contribution < 1.29 is 18.8 Å². The average Bonchev–Trinajstić information content (AvgIpc) is 3.35. The van der Waals surface area contributed by atoms with Crippen LogP contribution in [0.15, 0.2) is 47.1 Å². The topological polar surface area (TPSA) is 90.6 Å². The first-order valence-electron chi connectivity index (χ1n) is 8.47. The maximum atomic E-state index is 12.6. The summed E-state index contributed by atoms with van der Waals surface area (Å²) in [6.07, 6.45) is 1.96. The lowest BCUT2D eigenvalue weighted by Crippen LogP contribution is -2.24. The van der Waals surface area contributed by atoms with Gasteiger partial charge in [0.15, 0.2) is 0 Å². The summed E-state index contributed by atoms with van der Waals surface area (Å²) in [5.74, 6) is 1.87. The van der Waals surface area contributed by atoms with Crippen molar-refractivity contribution >= 4 is 11.6 Å². The summed E-state index contributed by atoms with van der Waals surface area (Å²) < 4.78 is 16.0. The van der Waals surface area contributed by atoms with Crippen LogP contribution in [0.25, 0.3) is 11.5 Å². The summed E-state index contributed by atoms with van der Waals surface area (Å²) in [5, 5.41) is 3.99. The molecule has 1 saturated heterocycles. The molecule has 1 amide bonds. The third-order valence-electron chi connectivity index (χ3n) is 4.49. The van der Waals surface area contributed by atoms with Crippen molar-refractivity contribution in [1.82, 2.24) is 15.1 Å². The monoisotopic (exact) mass is 366 g/mol. The molecule has 3 heterocycles. The number of nitrogens with zero attached hydrogens (tertiary/aromatic N) is 4. The van der Waals surface area contributed by atoms with E-state index in [1.54, 1.807) is 37.4 Å². The van der Waals surface area contributed by atoms with E-state index in [4.69, 9.17) is 14.0 Å². The van der Waals surface area contributed by atoms with Crippen molar-refractivity contribution in [2.75, 3.05) is 25.7 Å². The van der Waals surface area contributed by atoms with Crippen LogP contribution in [0.3, 0.4) is 0 Å². The van der Waals surface area contributed by atoms with Crippen LogP contribution >= 0.6 is 0 Å². The van der Waals surface area contributed by atoms with Crippen molar-refractivity contribution in [2.45, 2.75) is 12.3 Å². The van der Waals surface area contributed by atoms with Gasteiger partial charge in [0.1, 0.15) is 17.2 Å². The molecule has 1 aliphatic rings. The standard InChI is InChI=1S/C19H18N4O4/c1-25-13-6-7-15(16(10-13)26-2)23-11-12(9-17(23)24)19-21-18(22-27-19)14-5-3-4-8-20-14/h3-8,10,12H,9,11H2,1-2H3. The molecule has 8 heteroatoms. The molecule has 4 rings (SSSR count). The Labute approximate surface area is 155 Å². The van der Waals surface area contributed by atoms with Gasteiger partial charge < -0.3 is 18.9 Å². The van der Waals surface area contributed by atoms with E-state index in [-0.39, 0.29) is 11.8 Å². The van der Waals surface area contributed by atoms with E-state index in [1.807, 2.05) is 24.3 Å². The van der Waals surface area contributed by atoms with Crippen LogP contribution in [0.5, 0.6) is 11.5 Å². The summed E-state index contributed by atoms with van der Waals surface area (Å²) in [4.78, 5) is 22.9. The predicted octanol–water partition coefficient (Wildman–Crippen LogP) is 2.67. The Balaban J connectivity index is 1.57. The molecule has 0 aliphatic carbocycles. The number of hydrogen-bond donors (Lipinski definition) is 0. The van der Waals surface area contributed by atoms with Gasteiger partial charge in [-0.05, 0) is 24.3 Å². The third kappa shape index (κ3) is 3.21. The van der Waals surface area contributed by atoms with Crippen molar-refractivity contribution in [3.05, 3.63) is 48.5 Å². The zero-order valence-electron chi connectivity index (χ0n) is 15.0. The maximum Gasteiger partial charge on any atom is 0.232 e. The van der Waals surface area contributed by atoms with Gasteiger partial charge in [-0.25, -0.2) is 0 Å². The Kier molecular flexibility index (Phi) is 4.45. The number of methoxy groups -OCH3 is 2. The zero-order valence-corrected chi connectivity index (χ0v) is 15.0. The number of ether oxygens (including phenoxy) is 2. The Morgan fingerprint density at radius 1 is 1.19 bits per heavy atom. The molecular weight excluding hydrogens is 348 g/mol. The molecule has 3 aromatic rings. The fourth-order valence-electron chi connectivity index (χ4n) is 3.11. The van der Waals surface area contributed by atoms with Crippen molar-refractivity contribution in [3.63, 3.8) is 0 Å². The van der Waals surface area contributed by atoms with E-state index in [0.717, 1.165) is 0 Å². The van der Waals surface area contributed by atoms with E-state index < -0.39 is 0 Å². The molecule has 1 unspecified atom stereocenters. The Morgan fingerprint density at radius 2 is 2.07 bits per heavy atom. The van der Waals surface area contributed by atoms with Crippen LogP contribution in [0, 0.1) is 0 Å². The smallest absolute Gasteiger partial charge is 0.232 e. The van der Waals surface area contributed by atoms with Gasteiger partial charge in [-0.1, -0.05) is 11.2 Å². The Bertz CT molecular complexity index is 957. The minimum atomic E-state index is -0.186. The molecule has 0 bridgehead atoms.